The van der Waals surface area contributed by atoms with Gasteiger partial charge in [0.1, 0.15) is 0 Å². The molecule has 0 heterocycles. The van der Waals surface area contributed by atoms with Crippen molar-refractivity contribution >= 4 is 5.78 Å². The SMILES string of the molecule is COC=CC#CC(C)=O. The topological polar surface area (TPSA) is 26.3 Å². The van der Waals surface area contributed by atoms with Crippen LogP contribution in [0.25, 0.3) is 0 Å². The van der Waals surface area contributed by atoms with Gasteiger partial charge in [0.15, 0.2) is 0 Å². The molecule has 0 saturated carbocycles. The Kier molecular flexibility index (Phi) is 4.25. The summed E-state index contributed by atoms with van der Waals surface area (Å²) in [6.07, 6.45) is 2.89. The Hall–Kier alpha value is -1.23. The van der Waals surface area contributed by atoms with Gasteiger partial charge >= 0.3 is 0 Å². The van der Waals surface area contributed by atoms with Gasteiger partial charge in [-0.15, -0.1) is 0 Å². The molecule has 0 aromatic carbocycles. The van der Waals surface area contributed by atoms with Crippen LogP contribution in [0.4, 0.5) is 0 Å². The van der Waals surface area contributed by atoms with E-state index >= 15 is 0 Å². The maximum atomic E-state index is 10.2. The Morgan fingerprint density at radius 3 is 2.78 bits per heavy atom. The van der Waals surface area contributed by atoms with Crippen molar-refractivity contribution in [3.63, 3.8) is 0 Å². The molecule has 0 aliphatic heterocycles. The molecule has 0 fully saturated rings. The average molecular weight is 124 g/mol. The fourth-order valence-corrected chi connectivity index (χ4v) is 0.245. The zero-order valence-corrected chi connectivity index (χ0v) is 5.47. The van der Waals surface area contributed by atoms with Gasteiger partial charge in [0.05, 0.1) is 13.4 Å². The fraction of sp³-hybridized carbons (Fsp3) is 0.286. The number of Topliss-reactive ketones (excluding diaryl/α,β-unsaturated/α-hetero) is 1. The summed E-state index contributed by atoms with van der Waals surface area (Å²) in [7, 11) is 1.52. The van der Waals surface area contributed by atoms with E-state index in [1.165, 1.54) is 26.4 Å². The number of ether oxygens (including phenoxy) is 1. The quantitative estimate of drug-likeness (QED) is 0.293. The zero-order chi connectivity index (χ0) is 7.11. The van der Waals surface area contributed by atoms with Crippen molar-refractivity contribution in [2.45, 2.75) is 6.92 Å². The highest BCUT2D eigenvalue weighted by Crippen LogP contribution is 1.69. The van der Waals surface area contributed by atoms with Crippen LogP contribution in [0.15, 0.2) is 12.3 Å². The molecular weight excluding hydrogens is 116 g/mol. The van der Waals surface area contributed by atoms with E-state index in [1.807, 2.05) is 0 Å². The Morgan fingerprint density at radius 1 is 1.67 bits per heavy atom. The van der Waals surface area contributed by atoms with E-state index < -0.39 is 0 Å². The molecule has 0 amide bonds. The van der Waals surface area contributed by atoms with E-state index in [4.69, 9.17) is 0 Å². The maximum absolute atomic E-state index is 10.2. The summed E-state index contributed by atoms with van der Waals surface area (Å²) in [5, 5.41) is 0. The molecule has 0 atom stereocenters. The second kappa shape index (κ2) is 4.92. The fourth-order valence-electron chi connectivity index (χ4n) is 0.245. The third kappa shape index (κ3) is 6.77. The van der Waals surface area contributed by atoms with Gasteiger partial charge in [-0.3, -0.25) is 4.79 Å². The Bertz CT molecular complexity index is 169. The summed E-state index contributed by atoms with van der Waals surface area (Å²) in [6.45, 7) is 1.41. The van der Waals surface area contributed by atoms with Gasteiger partial charge in [-0.2, -0.15) is 0 Å². The van der Waals surface area contributed by atoms with Crippen molar-refractivity contribution in [1.82, 2.24) is 0 Å². The molecule has 48 valence electrons. The first kappa shape index (κ1) is 7.77. The van der Waals surface area contributed by atoms with Crippen LogP contribution in [0.5, 0.6) is 0 Å². The van der Waals surface area contributed by atoms with Gasteiger partial charge < -0.3 is 4.74 Å². The summed E-state index contributed by atoms with van der Waals surface area (Å²) in [5.74, 6) is 4.66. The number of methoxy groups -OCH3 is 1. The lowest BCUT2D eigenvalue weighted by molar-refractivity contribution is -0.111. The molecule has 0 aliphatic rings. The maximum Gasteiger partial charge on any atom is 0.202 e. The molecule has 0 aromatic rings. The molecule has 0 aliphatic carbocycles. The summed E-state index contributed by atoms with van der Waals surface area (Å²) in [6, 6.07) is 0. The first-order valence-corrected chi connectivity index (χ1v) is 2.47. The largest absolute Gasteiger partial charge is 0.504 e. The summed E-state index contributed by atoms with van der Waals surface area (Å²) < 4.78 is 4.53. The second-order valence-electron chi connectivity index (χ2n) is 1.36. The van der Waals surface area contributed by atoms with E-state index in [9.17, 15) is 4.79 Å². The van der Waals surface area contributed by atoms with Crippen molar-refractivity contribution < 1.29 is 9.53 Å². The smallest absolute Gasteiger partial charge is 0.202 e. The van der Waals surface area contributed by atoms with Gasteiger partial charge in [0.25, 0.3) is 0 Å². The van der Waals surface area contributed by atoms with Crippen molar-refractivity contribution in [2.75, 3.05) is 7.11 Å². The van der Waals surface area contributed by atoms with Crippen molar-refractivity contribution in [3.05, 3.63) is 12.3 Å². The first-order chi connectivity index (χ1) is 4.27. The highest BCUT2D eigenvalue weighted by molar-refractivity contribution is 5.93. The Balaban J connectivity index is 3.62. The number of rotatable bonds is 1. The number of hydrogen-bond acceptors (Lipinski definition) is 2. The van der Waals surface area contributed by atoms with E-state index in [1.54, 1.807) is 0 Å². The van der Waals surface area contributed by atoms with E-state index in [0.29, 0.717) is 0 Å². The number of carbonyl (C=O) groups excluding carboxylic acids is 1. The molecule has 0 rings (SSSR count). The molecule has 0 radical (unpaired) electrons. The molecule has 0 bridgehead atoms. The van der Waals surface area contributed by atoms with E-state index in [2.05, 4.69) is 16.6 Å². The number of hydrogen-bond donors (Lipinski definition) is 0. The Morgan fingerprint density at radius 2 is 2.33 bits per heavy atom. The van der Waals surface area contributed by atoms with Gasteiger partial charge in [-0.05, 0) is 5.92 Å². The lowest BCUT2D eigenvalue weighted by Crippen LogP contribution is -1.78. The highest BCUT2D eigenvalue weighted by Gasteiger charge is 1.74. The number of carbonyl (C=O) groups is 1. The van der Waals surface area contributed by atoms with Crippen LogP contribution < -0.4 is 0 Å². The molecule has 0 spiro atoms. The van der Waals surface area contributed by atoms with Crippen molar-refractivity contribution in [3.8, 4) is 11.8 Å². The lowest BCUT2D eigenvalue weighted by atomic mass is 10.4. The van der Waals surface area contributed by atoms with Crippen LogP contribution in [0, 0.1) is 11.8 Å². The molecule has 2 heteroatoms. The molecular formula is C7H8O2. The van der Waals surface area contributed by atoms with Crippen LogP contribution in [-0.2, 0) is 9.53 Å². The highest BCUT2D eigenvalue weighted by atomic mass is 16.5. The standard InChI is InChI=1S/C7H8O2/c1-7(8)5-3-4-6-9-2/h4,6H,1-2H3. The third-order valence-corrected chi connectivity index (χ3v) is 0.536. The predicted octanol–water partition coefficient (Wildman–Crippen LogP) is 0.739. The number of ketones is 1. The minimum absolute atomic E-state index is 0.143. The van der Waals surface area contributed by atoms with Crippen LogP contribution in [0.3, 0.4) is 0 Å². The minimum atomic E-state index is -0.143. The summed E-state index contributed by atoms with van der Waals surface area (Å²) in [5.41, 5.74) is 0. The molecule has 0 saturated heterocycles. The molecule has 9 heavy (non-hydrogen) atoms. The van der Waals surface area contributed by atoms with Crippen LogP contribution in [0.1, 0.15) is 6.92 Å². The van der Waals surface area contributed by atoms with Gasteiger partial charge in [-0.25, -0.2) is 0 Å². The van der Waals surface area contributed by atoms with Gasteiger partial charge in [0, 0.05) is 13.0 Å². The van der Waals surface area contributed by atoms with Crippen molar-refractivity contribution in [2.24, 2.45) is 0 Å². The first-order valence-electron chi connectivity index (χ1n) is 2.47. The average Bonchev–Trinajstić information content (AvgIpc) is 1.80. The summed E-state index contributed by atoms with van der Waals surface area (Å²) >= 11 is 0. The molecule has 0 unspecified atom stereocenters. The van der Waals surface area contributed by atoms with Gasteiger partial charge in [-0.1, -0.05) is 5.92 Å². The van der Waals surface area contributed by atoms with Crippen LogP contribution in [-0.4, -0.2) is 12.9 Å². The monoisotopic (exact) mass is 124 g/mol. The van der Waals surface area contributed by atoms with Crippen LogP contribution >= 0.6 is 0 Å². The van der Waals surface area contributed by atoms with Crippen molar-refractivity contribution in [1.29, 1.82) is 0 Å². The molecule has 2 nitrogen and oxygen atoms in total. The van der Waals surface area contributed by atoms with Crippen LogP contribution in [0.2, 0.25) is 0 Å². The third-order valence-electron chi connectivity index (χ3n) is 0.536. The van der Waals surface area contributed by atoms with E-state index in [0.717, 1.165) is 0 Å². The minimum Gasteiger partial charge on any atom is -0.504 e. The Labute approximate surface area is 54.5 Å². The van der Waals surface area contributed by atoms with E-state index in [-0.39, 0.29) is 5.78 Å². The zero-order valence-electron chi connectivity index (χ0n) is 5.47. The molecule has 0 N–H and O–H groups in total. The lowest BCUT2D eigenvalue weighted by Gasteiger charge is -1.77. The summed E-state index contributed by atoms with van der Waals surface area (Å²) in [4.78, 5) is 10.2. The molecule has 0 aromatic heterocycles. The van der Waals surface area contributed by atoms with Gasteiger partial charge in [0.2, 0.25) is 5.78 Å². The second-order valence-corrected chi connectivity index (χ2v) is 1.36. The normalized spacial score (nSPS) is 8.22. The number of allylic oxidation sites excluding steroid dienone is 1. The predicted molar refractivity (Wildman–Crippen MR) is 34.6 cm³/mol.